The molecule has 1 aliphatic rings. The predicted molar refractivity (Wildman–Crippen MR) is 63.5 cm³/mol. The van der Waals surface area contributed by atoms with Crippen molar-refractivity contribution in [3.05, 3.63) is 23.4 Å². The predicted octanol–water partition coefficient (Wildman–Crippen LogP) is 2.13. The monoisotopic (exact) mass is 290 g/mol. The first-order chi connectivity index (χ1) is 9.27. The molecular weight excluding hydrogens is 277 g/mol. The Bertz CT molecular complexity index is 522. The molecule has 1 aromatic rings. The second kappa shape index (κ2) is 4.93. The fraction of sp³-hybridized carbons (Fsp3) is 0.500. The summed E-state index contributed by atoms with van der Waals surface area (Å²) in [7, 11) is 0. The van der Waals surface area contributed by atoms with E-state index in [0.717, 1.165) is 12.5 Å². The van der Waals surface area contributed by atoms with Crippen LogP contribution < -0.4 is 5.32 Å². The van der Waals surface area contributed by atoms with Gasteiger partial charge in [0.25, 0.3) is 0 Å². The van der Waals surface area contributed by atoms with Crippen molar-refractivity contribution in [2.24, 2.45) is 0 Å². The summed E-state index contributed by atoms with van der Waals surface area (Å²) in [6, 6.07) is 1.49. The van der Waals surface area contributed by atoms with Gasteiger partial charge in [0.15, 0.2) is 0 Å². The summed E-state index contributed by atoms with van der Waals surface area (Å²) in [5.41, 5.74) is -2.29. The standard InChI is InChI=1S/C12H13F3N2O3/c13-12(14,15)8-3-2-7(10(19)20)9(16-8)17-11(6-18)4-1-5-11/h2-3,18H,1,4-6H2,(H,16,17)(H,19,20). The molecule has 1 fully saturated rings. The maximum absolute atomic E-state index is 12.6. The highest BCUT2D eigenvalue weighted by Gasteiger charge is 2.39. The van der Waals surface area contributed by atoms with E-state index in [1.807, 2.05) is 0 Å². The lowest BCUT2D eigenvalue weighted by molar-refractivity contribution is -0.141. The summed E-state index contributed by atoms with van der Waals surface area (Å²) >= 11 is 0. The Morgan fingerprint density at radius 2 is 2.05 bits per heavy atom. The van der Waals surface area contributed by atoms with Gasteiger partial charge in [0, 0.05) is 0 Å². The molecule has 3 N–H and O–H groups in total. The summed E-state index contributed by atoms with van der Waals surface area (Å²) in [6.45, 7) is -0.288. The van der Waals surface area contributed by atoms with Crippen LogP contribution in [0.25, 0.3) is 0 Å². The molecule has 1 aromatic heterocycles. The number of carboxylic acids is 1. The second-order valence-electron chi connectivity index (χ2n) is 4.81. The Balaban J connectivity index is 2.39. The SMILES string of the molecule is O=C(O)c1ccc(C(F)(F)F)nc1NC1(CO)CCC1. The third kappa shape index (κ3) is 2.69. The van der Waals surface area contributed by atoms with Gasteiger partial charge in [0.1, 0.15) is 17.1 Å². The number of nitrogens with zero attached hydrogens (tertiary/aromatic N) is 1. The smallest absolute Gasteiger partial charge is 0.433 e. The number of hydrogen-bond acceptors (Lipinski definition) is 4. The molecule has 20 heavy (non-hydrogen) atoms. The third-order valence-corrected chi connectivity index (χ3v) is 3.41. The molecule has 5 nitrogen and oxygen atoms in total. The summed E-state index contributed by atoms with van der Waals surface area (Å²) in [5.74, 6) is -1.73. The normalized spacial score (nSPS) is 17.4. The minimum atomic E-state index is -4.65. The summed E-state index contributed by atoms with van der Waals surface area (Å²) in [6.07, 6.45) is -2.73. The highest BCUT2D eigenvalue weighted by atomic mass is 19.4. The quantitative estimate of drug-likeness (QED) is 0.791. The molecule has 0 unspecified atom stereocenters. The van der Waals surface area contributed by atoms with E-state index < -0.39 is 23.4 Å². The van der Waals surface area contributed by atoms with Crippen LogP contribution in [0.3, 0.4) is 0 Å². The van der Waals surface area contributed by atoms with Gasteiger partial charge in [-0.1, -0.05) is 0 Å². The van der Waals surface area contributed by atoms with Crippen molar-refractivity contribution in [3.8, 4) is 0 Å². The number of aromatic nitrogens is 1. The average molecular weight is 290 g/mol. The van der Waals surface area contributed by atoms with Crippen LogP contribution in [0, 0.1) is 0 Å². The highest BCUT2D eigenvalue weighted by Crippen LogP contribution is 2.36. The largest absolute Gasteiger partial charge is 0.478 e. The van der Waals surface area contributed by atoms with Crippen molar-refractivity contribution < 1.29 is 28.2 Å². The molecule has 0 spiro atoms. The maximum atomic E-state index is 12.6. The first kappa shape index (κ1) is 14.6. The van der Waals surface area contributed by atoms with Gasteiger partial charge in [0.05, 0.1) is 12.1 Å². The summed E-state index contributed by atoms with van der Waals surface area (Å²) in [5, 5.41) is 21.0. The maximum Gasteiger partial charge on any atom is 0.433 e. The Kier molecular flexibility index (Phi) is 3.59. The van der Waals surface area contributed by atoms with Gasteiger partial charge in [-0.2, -0.15) is 13.2 Å². The zero-order valence-electron chi connectivity index (χ0n) is 10.4. The van der Waals surface area contributed by atoms with Crippen LogP contribution in [0.4, 0.5) is 19.0 Å². The molecule has 0 aromatic carbocycles. The van der Waals surface area contributed by atoms with E-state index in [4.69, 9.17) is 5.11 Å². The lowest BCUT2D eigenvalue weighted by atomic mass is 9.77. The van der Waals surface area contributed by atoms with Crippen molar-refractivity contribution in [1.29, 1.82) is 0 Å². The van der Waals surface area contributed by atoms with E-state index in [1.165, 1.54) is 0 Å². The molecule has 2 rings (SSSR count). The van der Waals surface area contributed by atoms with E-state index in [2.05, 4.69) is 10.3 Å². The molecular formula is C12H13F3N2O3. The number of aromatic carboxylic acids is 1. The molecule has 8 heteroatoms. The van der Waals surface area contributed by atoms with Gasteiger partial charge in [0.2, 0.25) is 0 Å². The van der Waals surface area contributed by atoms with E-state index >= 15 is 0 Å². The van der Waals surface area contributed by atoms with Crippen LogP contribution >= 0.6 is 0 Å². The summed E-state index contributed by atoms with van der Waals surface area (Å²) in [4.78, 5) is 14.4. The molecule has 0 bridgehead atoms. The number of aliphatic hydroxyl groups is 1. The number of pyridine rings is 1. The van der Waals surface area contributed by atoms with Crippen LogP contribution in [-0.4, -0.2) is 33.3 Å². The Hall–Kier alpha value is -1.83. The van der Waals surface area contributed by atoms with E-state index in [1.54, 1.807) is 0 Å². The molecule has 110 valence electrons. The fourth-order valence-electron chi connectivity index (χ4n) is 2.06. The highest BCUT2D eigenvalue weighted by molar-refractivity contribution is 5.93. The minimum Gasteiger partial charge on any atom is -0.478 e. The van der Waals surface area contributed by atoms with Crippen molar-refractivity contribution in [2.45, 2.75) is 31.0 Å². The lowest BCUT2D eigenvalue weighted by Gasteiger charge is -2.41. The number of anilines is 1. The first-order valence-corrected chi connectivity index (χ1v) is 5.98. The van der Waals surface area contributed by atoms with E-state index in [9.17, 15) is 23.1 Å². The zero-order chi connectivity index (χ0) is 15.0. The van der Waals surface area contributed by atoms with Gasteiger partial charge >= 0.3 is 12.1 Å². The van der Waals surface area contributed by atoms with Gasteiger partial charge in [-0.25, -0.2) is 9.78 Å². The number of aliphatic hydroxyl groups excluding tert-OH is 1. The Labute approximate surface area is 112 Å². The van der Waals surface area contributed by atoms with Crippen molar-refractivity contribution in [1.82, 2.24) is 4.98 Å². The molecule has 0 atom stereocenters. The molecule has 1 heterocycles. The van der Waals surface area contributed by atoms with Crippen LogP contribution in [0.2, 0.25) is 0 Å². The lowest BCUT2D eigenvalue weighted by Crippen LogP contribution is -2.49. The number of alkyl halides is 3. The van der Waals surface area contributed by atoms with Crippen LogP contribution in [0.1, 0.15) is 35.3 Å². The fourth-order valence-corrected chi connectivity index (χ4v) is 2.06. The molecule has 1 aliphatic carbocycles. The third-order valence-electron chi connectivity index (χ3n) is 3.41. The zero-order valence-corrected chi connectivity index (χ0v) is 10.4. The van der Waals surface area contributed by atoms with Crippen LogP contribution in [0.5, 0.6) is 0 Å². The number of carboxylic acid groups (broad SMARTS) is 1. The average Bonchev–Trinajstić information content (AvgIpc) is 2.32. The first-order valence-electron chi connectivity index (χ1n) is 5.98. The number of nitrogens with one attached hydrogen (secondary N) is 1. The molecule has 0 amide bonds. The Morgan fingerprint density at radius 3 is 2.45 bits per heavy atom. The van der Waals surface area contributed by atoms with Gasteiger partial charge in [-0.15, -0.1) is 0 Å². The summed E-state index contributed by atoms with van der Waals surface area (Å²) < 4.78 is 37.9. The molecule has 0 aliphatic heterocycles. The number of halogens is 3. The second-order valence-corrected chi connectivity index (χ2v) is 4.81. The van der Waals surface area contributed by atoms with Crippen molar-refractivity contribution in [3.63, 3.8) is 0 Å². The molecule has 1 saturated carbocycles. The van der Waals surface area contributed by atoms with Gasteiger partial charge in [-0.05, 0) is 31.4 Å². The number of hydrogen-bond donors (Lipinski definition) is 3. The molecule has 0 radical (unpaired) electrons. The Morgan fingerprint density at radius 1 is 1.40 bits per heavy atom. The van der Waals surface area contributed by atoms with Crippen molar-refractivity contribution >= 4 is 11.8 Å². The van der Waals surface area contributed by atoms with E-state index in [-0.39, 0.29) is 18.0 Å². The van der Waals surface area contributed by atoms with Gasteiger partial charge in [-0.3, -0.25) is 0 Å². The number of rotatable bonds is 4. The number of carbonyl (C=O) groups is 1. The van der Waals surface area contributed by atoms with Crippen LogP contribution in [0.15, 0.2) is 12.1 Å². The van der Waals surface area contributed by atoms with E-state index in [0.29, 0.717) is 18.9 Å². The topological polar surface area (TPSA) is 82.5 Å². The molecule has 0 saturated heterocycles. The van der Waals surface area contributed by atoms with Crippen LogP contribution in [-0.2, 0) is 6.18 Å². The minimum absolute atomic E-state index is 0.288. The van der Waals surface area contributed by atoms with Crippen molar-refractivity contribution in [2.75, 3.05) is 11.9 Å². The van der Waals surface area contributed by atoms with Gasteiger partial charge < -0.3 is 15.5 Å².